The minimum Gasteiger partial charge on any atom is -0.354 e. The molecule has 1 amide bonds. The van der Waals surface area contributed by atoms with Gasteiger partial charge in [-0.05, 0) is 53.9 Å². The van der Waals surface area contributed by atoms with Crippen molar-refractivity contribution in [1.82, 2.24) is 14.5 Å². The smallest absolute Gasteiger partial charge is 0.291 e. The third-order valence-electron chi connectivity index (χ3n) is 5.78. The number of rotatable bonds is 4. The van der Waals surface area contributed by atoms with Gasteiger partial charge in [-0.15, -0.1) is 0 Å². The summed E-state index contributed by atoms with van der Waals surface area (Å²) in [7, 11) is 1.84. The maximum atomic E-state index is 13.1. The summed E-state index contributed by atoms with van der Waals surface area (Å²) in [6.45, 7) is 1.81. The zero-order chi connectivity index (χ0) is 22.3. The lowest BCUT2D eigenvalue weighted by Crippen LogP contribution is -2.29. The first-order chi connectivity index (χ1) is 14.8. The zero-order valence-corrected chi connectivity index (χ0v) is 20.1. The van der Waals surface area contributed by atoms with Crippen LogP contribution in [-0.4, -0.2) is 20.4 Å². The third kappa shape index (κ3) is 4.08. The minimum atomic E-state index is -0.548. The lowest BCUT2D eigenvalue weighted by Gasteiger charge is -2.24. The summed E-state index contributed by atoms with van der Waals surface area (Å²) in [6, 6.07) is 5.07. The lowest BCUT2D eigenvalue weighted by atomic mass is 9.96. The average Bonchev–Trinajstić information content (AvgIpc) is 3.22. The van der Waals surface area contributed by atoms with Gasteiger partial charge in [0.25, 0.3) is 11.5 Å². The molecule has 1 aliphatic carbocycles. The summed E-state index contributed by atoms with van der Waals surface area (Å²) in [6.07, 6.45) is 5.32. The van der Waals surface area contributed by atoms with E-state index in [9.17, 15) is 9.59 Å². The molecule has 1 aliphatic rings. The molecule has 7 nitrogen and oxygen atoms in total. The number of amides is 1. The van der Waals surface area contributed by atoms with E-state index in [1.54, 1.807) is 22.9 Å². The van der Waals surface area contributed by atoms with Gasteiger partial charge < -0.3 is 9.84 Å². The van der Waals surface area contributed by atoms with Crippen LogP contribution in [0.2, 0.25) is 10.0 Å². The molecule has 0 unspecified atom stereocenters. The number of carbonyl (C=O) groups is 1. The molecule has 1 saturated carbocycles. The van der Waals surface area contributed by atoms with Crippen LogP contribution < -0.4 is 10.9 Å². The minimum absolute atomic E-state index is 0.0212. The predicted octanol–water partition coefficient (Wildman–Crippen LogP) is 5.98. The van der Waals surface area contributed by atoms with Gasteiger partial charge in [0.05, 0.1) is 21.2 Å². The fraction of sp³-hybridized carbons (Fsp3) is 0.381. The summed E-state index contributed by atoms with van der Waals surface area (Å²) in [5, 5.41) is 7.46. The molecule has 1 aromatic carbocycles. The molecule has 1 fully saturated rings. The van der Waals surface area contributed by atoms with E-state index in [0.717, 1.165) is 25.7 Å². The van der Waals surface area contributed by atoms with Crippen LogP contribution in [-0.2, 0) is 7.05 Å². The van der Waals surface area contributed by atoms with Crippen molar-refractivity contribution in [2.24, 2.45) is 7.05 Å². The van der Waals surface area contributed by atoms with Crippen LogP contribution in [0.5, 0.6) is 0 Å². The van der Waals surface area contributed by atoms with Crippen molar-refractivity contribution in [3.63, 3.8) is 0 Å². The Hall–Kier alpha value is -2.03. The second-order valence-corrected chi connectivity index (χ2v) is 9.31. The highest BCUT2D eigenvalue weighted by Crippen LogP contribution is 2.37. The van der Waals surface area contributed by atoms with Gasteiger partial charge in [-0.2, -0.15) is 0 Å². The van der Waals surface area contributed by atoms with Crippen molar-refractivity contribution < 1.29 is 9.32 Å². The van der Waals surface area contributed by atoms with Crippen molar-refractivity contribution in [1.29, 1.82) is 0 Å². The molecule has 164 valence electrons. The molecule has 1 N–H and O–H groups in total. The molecule has 10 heteroatoms. The molecule has 4 rings (SSSR count). The van der Waals surface area contributed by atoms with Crippen molar-refractivity contribution in [2.75, 3.05) is 5.32 Å². The van der Waals surface area contributed by atoms with E-state index in [2.05, 4.69) is 26.4 Å². The first-order valence-electron chi connectivity index (χ1n) is 9.99. The van der Waals surface area contributed by atoms with Gasteiger partial charge in [0, 0.05) is 17.6 Å². The SMILES string of the molecule is Cc1c(NC(=O)c2noc(-c3ccc(Cl)cc3Cl)c2Br)c(=O)n(C2CCCCC2)n1C. The zero-order valence-electron chi connectivity index (χ0n) is 17.0. The molecule has 0 atom stereocenters. The van der Waals surface area contributed by atoms with Crippen LogP contribution >= 0.6 is 39.1 Å². The first-order valence-corrected chi connectivity index (χ1v) is 11.5. The predicted molar refractivity (Wildman–Crippen MR) is 124 cm³/mol. The van der Waals surface area contributed by atoms with Crippen LogP contribution in [0.25, 0.3) is 11.3 Å². The van der Waals surface area contributed by atoms with Crippen LogP contribution in [0.3, 0.4) is 0 Å². The van der Waals surface area contributed by atoms with Crippen molar-refractivity contribution >= 4 is 50.7 Å². The van der Waals surface area contributed by atoms with E-state index in [-0.39, 0.29) is 23.0 Å². The number of nitrogens with one attached hydrogen (secondary N) is 1. The Bertz CT molecular complexity index is 1210. The number of aromatic nitrogens is 3. The normalized spacial score (nSPS) is 14.7. The molecule has 2 aromatic heterocycles. The summed E-state index contributed by atoms with van der Waals surface area (Å²) in [4.78, 5) is 26.1. The van der Waals surface area contributed by atoms with Crippen molar-refractivity contribution in [2.45, 2.75) is 45.1 Å². The number of hydrogen-bond acceptors (Lipinski definition) is 4. The monoisotopic (exact) mass is 526 g/mol. The Labute approximate surface area is 197 Å². The first kappa shape index (κ1) is 22.2. The van der Waals surface area contributed by atoms with Gasteiger partial charge in [0.1, 0.15) is 5.69 Å². The Morgan fingerprint density at radius 1 is 1.26 bits per heavy atom. The quantitative estimate of drug-likeness (QED) is 0.452. The Balaban J connectivity index is 1.64. The Kier molecular flexibility index (Phi) is 6.32. The van der Waals surface area contributed by atoms with Gasteiger partial charge in [-0.1, -0.05) is 47.6 Å². The molecule has 0 bridgehead atoms. The van der Waals surface area contributed by atoms with Gasteiger partial charge in [0.15, 0.2) is 11.5 Å². The highest BCUT2D eigenvalue weighted by atomic mass is 79.9. The second kappa shape index (κ2) is 8.84. The number of halogens is 3. The molecule has 0 aliphatic heterocycles. The molecular formula is C21H21BrCl2N4O3. The molecular weight excluding hydrogens is 507 g/mol. The van der Waals surface area contributed by atoms with Crippen molar-refractivity contribution in [3.8, 4) is 11.3 Å². The van der Waals surface area contributed by atoms with Crippen LogP contribution in [0.1, 0.15) is 54.3 Å². The lowest BCUT2D eigenvalue weighted by molar-refractivity contribution is 0.101. The van der Waals surface area contributed by atoms with E-state index in [1.807, 2.05) is 18.7 Å². The number of hydrogen-bond donors (Lipinski definition) is 1. The highest BCUT2D eigenvalue weighted by Gasteiger charge is 2.27. The fourth-order valence-electron chi connectivity index (χ4n) is 4.04. The number of anilines is 1. The summed E-state index contributed by atoms with van der Waals surface area (Å²) in [5.74, 6) is -0.246. The highest BCUT2D eigenvalue weighted by molar-refractivity contribution is 9.10. The van der Waals surface area contributed by atoms with Crippen LogP contribution in [0.15, 0.2) is 32.0 Å². The number of nitrogens with zero attached hydrogens (tertiary/aromatic N) is 3. The van der Waals surface area contributed by atoms with Gasteiger partial charge in [-0.3, -0.25) is 14.3 Å². The second-order valence-electron chi connectivity index (χ2n) is 7.68. The molecule has 0 spiro atoms. The van der Waals surface area contributed by atoms with Gasteiger partial charge in [-0.25, -0.2) is 4.68 Å². The van der Waals surface area contributed by atoms with E-state index in [4.69, 9.17) is 27.7 Å². The Morgan fingerprint density at radius 2 is 1.97 bits per heavy atom. The van der Waals surface area contributed by atoms with E-state index in [0.29, 0.717) is 31.5 Å². The van der Waals surface area contributed by atoms with Crippen LogP contribution in [0.4, 0.5) is 5.69 Å². The van der Waals surface area contributed by atoms with Crippen LogP contribution in [0, 0.1) is 6.92 Å². The van der Waals surface area contributed by atoms with E-state index >= 15 is 0 Å². The standard InChI is InChI=1S/C21H21BrCl2N4O3/c1-11-17(21(30)28(27(11)2)13-6-4-3-5-7-13)25-20(29)18-16(22)19(31-26-18)14-9-8-12(23)10-15(14)24/h8-10,13H,3-7H2,1-2H3,(H,25,29). The number of benzene rings is 1. The largest absolute Gasteiger partial charge is 0.354 e. The topological polar surface area (TPSA) is 82.1 Å². The number of carbonyl (C=O) groups excluding carboxylic acids is 1. The fourth-order valence-corrected chi connectivity index (χ4v) is 5.08. The van der Waals surface area contributed by atoms with Gasteiger partial charge >= 0.3 is 0 Å². The maximum Gasteiger partial charge on any atom is 0.291 e. The molecule has 3 aromatic rings. The van der Waals surface area contributed by atoms with E-state index < -0.39 is 5.91 Å². The molecule has 31 heavy (non-hydrogen) atoms. The van der Waals surface area contributed by atoms with Gasteiger partial charge in [0.2, 0.25) is 0 Å². The maximum absolute atomic E-state index is 13.1. The van der Waals surface area contributed by atoms with E-state index in [1.165, 1.54) is 6.42 Å². The summed E-state index contributed by atoms with van der Waals surface area (Å²) < 4.78 is 9.29. The summed E-state index contributed by atoms with van der Waals surface area (Å²) in [5.41, 5.74) is 1.29. The molecule has 0 radical (unpaired) electrons. The molecule has 0 saturated heterocycles. The molecule has 2 heterocycles. The summed E-state index contributed by atoms with van der Waals surface area (Å²) >= 11 is 15.6. The third-order valence-corrected chi connectivity index (χ3v) is 7.06. The average molecular weight is 528 g/mol. The van der Waals surface area contributed by atoms with Crippen molar-refractivity contribution in [3.05, 3.63) is 54.5 Å². The Morgan fingerprint density at radius 3 is 2.65 bits per heavy atom.